The fraction of sp³-hybridized carbons (Fsp3) is 0.0909. The van der Waals surface area contributed by atoms with E-state index < -0.39 is 5.97 Å². The first-order valence-corrected chi connectivity index (χ1v) is 4.98. The molecule has 0 saturated carbocycles. The van der Waals surface area contributed by atoms with Crippen molar-refractivity contribution in [3.8, 4) is 5.69 Å². The van der Waals surface area contributed by atoms with Crippen molar-refractivity contribution in [1.82, 2.24) is 9.78 Å². The molecule has 0 fully saturated rings. The van der Waals surface area contributed by atoms with Crippen LogP contribution in [0.4, 0.5) is 0 Å². The quantitative estimate of drug-likeness (QED) is 0.752. The van der Waals surface area contributed by atoms with Crippen LogP contribution in [0.15, 0.2) is 36.7 Å². The summed E-state index contributed by atoms with van der Waals surface area (Å²) in [5, 5.41) is 4.41. The standard InChI is InChI=1S/C11H9ClN2O2/c1-16-11(15)9-4-3-8(7-10(9)12)14-6-2-5-13-14/h2-7H,1H3. The molecule has 0 N–H and O–H groups in total. The Morgan fingerprint density at radius 2 is 2.31 bits per heavy atom. The molecule has 2 rings (SSSR count). The monoisotopic (exact) mass is 236 g/mol. The highest BCUT2D eigenvalue weighted by Gasteiger charge is 2.11. The van der Waals surface area contributed by atoms with E-state index in [1.165, 1.54) is 7.11 Å². The Kier molecular flexibility index (Phi) is 2.92. The predicted octanol–water partition coefficient (Wildman–Crippen LogP) is 2.31. The number of aromatic nitrogens is 2. The van der Waals surface area contributed by atoms with E-state index in [0.29, 0.717) is 10.6 Å². The summed E-state index contributed by atoms with van der Waals surface area (Å²) in [5.41, 5.74) is 1.14. The molecule has 4 nitrogen and oxygen atoms in total. The van der Waals surface area contributed by atoms with E-state index in [0.717, 1.165) is 5.69 Å². The fourth-order valence-corrected chi connectivity index (χ4v) is 1.60. The molecule has 1 aromatic carbocycles. The summed E-state index contributed by atoms with van der Waals surface area (Å²) in [5.74, 6) is -0.447. The van der Waals surface area contributed by atoms with Gasteiger partial charge in [0.1, 0.15) is 0 Å². The number of methoxy groups -OCH3 is 1. The summed E-state index contributed by atoms with van der Waals surface area (Å²) in [4.78, 5) is 11.3. The lowest BCUT2D eigenvalue weighted by molar-refractivity contribution is 0.0601. The summed E-state index contributed by atoms with van der Waals surface area (Å²) < 4.78 is 6.26. The van der Waals surface area contributed by atoms with E-state index in [4.69, 9.17) is 11.6 Å². The molecule has 1 heterocycles. The van der Waals surface area contributed by atoms with Crippen molar-refractivity contribution in [3.63, 3.8) is 0 Å². The number of benzene rings is 1. The Labute approximate surface area is 97.4 Å². The van der Waals surface area contributed by atoms with Gasteiger partial charge in [-0.3, -0.25) is 0 Å². The fourth-order valence-electron chi connectivity index (χ4n) is 1.34. The molecular weight excluding hydrogens is 228 g/mol. The lowest BCUT2D eigenvalue weighted by Crippen LogP contribution is -2.03. The number of hydrogen-bond donors (Lipinski definition) is 0. The van der Waals surface area contributed by atoms with Gasteiger partial charge in [0, 0.05) is 12.4 Å². The summed E-state index contributed by atoms with van der Waals surface area (Å²) in [6.07, 6.45) is 3.46. The molecule has 5 heteroatoms. The molecule has 0 amide bonds. The number of esters is 1. The van der Waals surface area contributed by atoms with Crippen molar-refractivity contribution < 1.29 is 9.53 Å². The van der Waals surface area contributed by atoms with Crippen LogP contribution in [0.5, 0.6) is 0 Å². The van der Waals surface area contributed by atoms with Crippen LogP contribution in [-0.2, 0) is 4.74 Å². The smallest absolute Gasteiger partial charge is 0.339 e. The van der Waals surface area contributed by atoms with Crippen LogP contribution in [0.3, 0.4) is 0 Å². The van der Waals surface area contributed by atoms with Crippen molar-refractivity contribution in [1.29, 1.82) is 0 Å². The van der Waals surface area contributed by atoms with Gasteiger partial charge in [-0.1, -0.05) is 11.6 Å². The Balaban J connectivity index is 2.41. The second-order valence-corrected chi connectivity index (χ2v) is 3.51. The number of halogens is 1. The van der Waals surface area contributed by atoms with E-state index >= 15 is 0 Å². The van der Waals surface area contributed by atoms with Crippen molar-refractivity contribution in [2.24, 2.45) is 0 Å². The first-order chi connectivity index (χ1) is 7.72. The zero-order valence-corrected chi connectivity index (χ0v) is 9.31. The third-order valence-corrected chi connectivity index (χ3v) is 2.44. The molecule has 0 aliphatic rings. The molecule has 0 aliphatic carbocycles. The molecule has 0 aliphatic heterocycles. The van der Waals surface area contributed by atoms with Gasteiger partial charge in [-0.05, 0) is 24.3 Å². The molecule has 0 radical (unpaired) electrons. The minimum atomic E-state index is -0.447. The Bertz CT molecular complexity index is 509. The van der Waals surface area contributed by atoms with Gasteiger partial charge in [-0.2, -0.15) is 5.10 Å². The van der Waals surface area contributed by atoms with E-state index in [1.807, 2.05) is 6.07 Å². The van der Waals surface area contributed by atoms with Gasteiger partial charge in [0.05, 0.1) is 23.4 Å². The number of hydrogen-bond acceptors (Lipinski definition) is 3. The van der Waals surface area contributed by atoms with Gasteiger partial charge in [0.25, 0.3) is 0 Å². The van der Waals surface area contributed by atoms with Crippen LogP contribution >= 0.6 is 11.6 Å². The predicted molar refractivity (Wildman–Crippen MR) is 59.9 cm³/mol. The highest BCUT2D eigenvalue weighted by molar-refractivity contribution is 6.33. The molecule has 0 spiro atoms. The lowest BCUT2D eigenvalue weighted by Gasteiger charge is -2.05. The second kappa shape index (κ2) is 4.37. The average Bonchev–Trinajstić information content (AvgIpc) is 2.81. The minimum absolute atomic E-state index is 0.347. The molecule has 0 bridgehead atoms. The van der Waals surface area contributed by atoms with Gasteiger partial charge in [0.15, 0.2) is 0 Å². The number of carbonyl (C=O) groups is 1. The van der Waals surface area contributed by atoms with Crippen molar-refractivity contribution in [3.05, 3.63) is 47.2 Å². The molecule has 82 valence electrons. The zero-order valence-electron chi connectivity index (χ0n) is 8.55. The normalized spacial score (nSPS) is 10.1. The number of carbonyl (C=O) groups excluding carboxylic acids is 1. The highest BCUT2D eigenvalue weighted by atomic mass is 35.5. The number of ether oxygens (including phenoxy) is 1. The first-order valence-electron chi connectivity index (χ1n) is 4.60. The van der Waals surface area contributed by atoms with Crippen LogP contribution in [0, 0.1) is 0 Å². The van der Waals surface area contributed by atoms with E-state index in [-0.39, 0.29) is 0 Å². The van der Waals surface area contributed by atoms with E-state index in [9.17, 15) is 4.79 Å². The molecule has 16 heavy (non-hydrogen) atoms. The molecule has 0 atom stereocenters. The average molecular weight is 237 g/mol. The summed E-state index contributed by atoms with van der Waals surface area (Å²) >= 11 is 5.98. The maximum Gasteiger partial charge on any atom is 0.339 e. The maximum absolute atomic E-state index is 11.3. The zero-order chi connectivity index (χ0) is 11.5. The van der Waals surface area contributed by atoms with Gasteiger partial charge in [-0.15, -0.1) is 0 Å². The Hall–Kier alpha value is -1.81. The minimum Gasteiger partial charge on any atom is -0.465 e. The molecular formula is C11H9ClN2O2. The summed E-state index contributed by atoms with van der Waals surface area (Å²) in [6.45, 7) is 0. The Morgan fingerprint density at radius 3 is 2.88 bits per heavy atom. The van der Waals surface area contributed by atoms with E-state index in [2.05, 4.69) is 9.84 Å². The van der Waals surface area contributed by atoms with E-state index in [1.54, 1.807) is 35.3 Å². The lowest BCUT2D eigenvalue weighted by atomic mass is 10.2. The second-order valence-electron chi connectivity index (χ2n) is 3.11. The summed E-state index contributed by atoms with van der Waals surface area (Å²) in [6, 6.07) is 6.85. The first kappa shape index (κ1) is 10.7. The van der Waals surface area contributed by atoms with Gasteiger partial charge in [0.2, 0.25) is 0 Å². The highest BCUT2D eigenvalue weighted by Crippen LogP contribution is 2.20. The van der Waals surface area contributed by atoms with Gasteiger partial charge < -0.3 is 4.74 Å². The van der Waals surface area contributed by atoms with Gasteiger partial charge >= 0.3 is 5.97 Å². The third kappa shape index (κ3) is 1.92. The van der Waals surface area contributed by atoms with Crippen LogP contribution in [0.1, 0.15) is 10.4 Å². The molecule has 2 aromatic rings. The van der Waals surface area contributed by atoms with Crippen LogP contribution in [0.2, 0.25) is 5.02 Å². The van der Waals surface area contributed by atoms with Crippen molar-refractivity contribution in [2.75, 3.05) is 7.11 Å². The maximum atomic E-state index is 11.3. The van der Waals surface area contributed by atoms with Crippen molar-refractivity contribution >= 4 is 17.6 Å². The van der Waals surface area contributed by atoms with Crippen LogP contribution in [-0.4, -0.2) is 22.9 Å². The van der Waals surface area contributed by atoms with Gasteiger partial charge in [-0.25, -0.2) is 9.48 Å². The molecule has 0 unspecified atom stereocenters. The topological polar surface area (TPSA) is 44.1 Å². The Morgan fingerprint density at radius 1 is 1.50 bits per heavy atom. The van der Waals surface area contributed by atoms with Crippen LogP contribution < -0.4 is 0 Å². The largest absolute Gasteiger partial charge is 0.465 e. The van der Waals surface area contributed by atoms with Crippen molar-refractivity contribution in [2.45, 2.75) is 0 Å². The molecule has 0 saturated heterocycles. The number of nitrogens with zero attached hydrogens (tertiary/aromatic N) is 2. The number of rotatable bonds is 2. The third-order valence-electron chi connectivity index (χ3n) is 2.13. The summed E-state index contributed by atoms with van der Waals surface area (Å²) in [7, 11) is 1.32. The van der Waals surface area contributed by atoms with Crippen LogP contribution in [0.25, 0.3) is 5.69 Å². The molecule has 1 aromatic heterocycles. The SMILES string of the molecule is COC(=O)c1ccc(-n2cccn2)cc1Cl.